The highest BCUT2D eigenvalue weighted by Gasteiger charge is 2.06. The third-order valence-electron chi connectivity index (χ3n) is 4.50. The molecule has 7 nitrogen and oxygen atoms in total. The van der Waals surface area contributed by atoms with Gasteiger partial charge in [-0.2, -0.15) is 0 Å². The summed E-state index contributed by atoms with van der Waals surface area (Å²) < 4.78 is 0. The molecule has 0 saturated carbocycles. The van der Waals surface area contributed by atoms with E-state index in [1.807, 2.05) is 0 Å². The Morgan fingerprint density at radius 2 is 1.34 bits per heavy atom. The van der Waals surface area contributed by atoms with Crippen molar-refractivity contribution >= 4 is 17.8 Å². The van der Waals surface area contributed by atoms with Crippen molar-refractivity contribution in [2.45, 2.75) is 96.8 Å². The Labute approximate surface area is 175 Å². The van der Waals surface area contributed by atoms with E-state index in [0.717, 1.165) is 25.7 Å². The summed E-state index contributed by atoms with van der Waals surface area (Å²) in [7, 11) is 0. The van der Waals surface area contributed by atoms with Crippen LogP contribution in [0.4, 0.5) is 0 Å². The van der Waals surface area contributed by atoms with Crippen LogP contribution < -0.4 is 10.8 Å². The molecule has 0 aliphatic carbocycles. The second-order valence-electron chi connectivity index (χ2n) is 7.30. The van der Waals surface area contributed by atoms with Crippen LogP contribution >= 0.6 is 0 Å². The first-order chi connectivity index (χ1) is 14.1. The van der Waals surface area contributed by atoms with Crippen molar-refractivity contribution in [2.75, 3.05) is 13.1 Å². The van der Waals surface area contributed by atoms with Crippen molar-refractivity contribution in [3.8, 4) is 0 Å². The number of carbonyl (C=O) groups excluding carboxylic acids is 2. The monoisotopic (exact) mass is 412 g/mol. The van der Waals surface area contributed by atoms with Crippen molar-refractivity contribution < 1.29 is 24.3 Å². The van der Waals surface area contributed by atoms with Gasteiger partial charge in [0.2, 0.25) is 5.91 Å². The minimum Gasteiger partial charge on any atom is -0.480 e. The van der Waals surface area contributed by atoms with Gasteiger partial charge in [-0.25, -0.2) is 0 Å². The Balaban J connectivity index is 3.33. The fourth-order valence-corrected chi connectivity index (χ4v) is 2.81. The molecule has 0 aromatic heterocycles. The molecular weight excluding hydrogens is 372 g/mol. The second-order valence-corrected chi connectivity index (χ2v) is 7.30. The van der Waals surface area contributed by atoms with Crippen LogP contribution in [0.5, 0.6) is 0 Å². The Morgan fingerprint density at radius 1 is 0.793 bits per heavy atom. The van der Waals surface area contributed by atoms with Gasteiger partial charge in [-0.1, -0.05) is 70.4 Å². The summed E-state index contributed by atoms with van der Waals surface area (Å²) in [6.45, 7) is 1.53. The van der Waals surface area contributed by atoms with E-state index in [4.69, 9.17) is 9.94 Å². The van der Waals surface area contributed by atoms with Gasteiger partial charge in [0.05, 0.1) is 0 Å². The average Bonchev–Trinajstić information content (AvgIpc) is 2.69. The normalized spacial score (nSPS) is 10.9. The standard InChI is InChI=1S/C22H40N2O5/c1-2-3-4-5-6-7-8-9-10-11-12-13-14-15-16-17-22(28)29-24-18-20(25)23-19-21(26)27/h9-10,24H,2-8,11-19H2,1H3,(H,23,25)(H,26,27). The van der Waals surface area contributed by atoms with E-state index in [2.05, 4.69) is 29.9 Å². The summed E-state index contributed by atoms with van der Waals surface area (Å²) in [5.74, 6) is -2.07. The van der Waals surface area contributed by atoms with Crippen LogP contribution in [-0.4, -0.2) is 36.0 Å². The van der Waals surface area contributed by atoms with Crippen LogP contribution in [0.2, 0.25) is 0 Å². The van der Waals surface area contributed by atoms with Crippen LogP contribution in [0.25, 0.3) is 0 Å². The van der Waals surface area contributed by atoms with E-state index in [-0.39, 0.29) is 6.54 Å². The SMILES string of the molecule is CCCCCCCCC=CCCCCCCCC(=O)ONCC(=O)NCC(=O)O. The molecule has 168 valence electrons. The first kappa shape index (κ1) is 27.1. The van der Waals surface area contributed by atoms with Crippen LogP contribution in [0.1, 0.15) is 96.8 Å². The quantitative estimate of drug-likeness (QED) is 0.157. The van der Waals surface area contributed by atoms with Crippen molar-refractivity contribution in [3.63, 3.8) is 0 Å². The summed E-state index contributed by atoms with van der Waals surface area (Å²) in [5.41, 5.74) is 2.25. The molecule has 7 heteroatoms. The molecule has 0 rings (SSSR count). The number of rotatable bonds is 20. The summed E-state index contributed by atoms with van der Waals surface area (Å²) in [4.78, 5) is 37.7. The lowest BCUT2D eigenvalue weighted by Gasteiger charge is -2.06. The molecule has 0 radical (unpaired) electrons. The molecule has 0 aliphatic rings. The minimum atomic E-state index is -1.13. The van der Waals surface area contributed by atoms with Crippen molar-refractivity contribution in [3.05, 3.63) is 12.2 Å². The lowest BCUT2D eigenvalue weighted by Crippen LogP contribution is -2.37. The van der Waals surface area contributed by atoms with E-state index in [1.54, 1.807) is 0 Å². The van der Waals surface area contributed by atoms with Gasteiger partial charge in [0, 0.05) is 6.42 Å². The molecule has 0 saturated heterocycles. The highest BCUT2D eigenvalue weighted by atomic mass is 16.7. The number of hydroxylamine groups is 1. The molecule has 0 aromatic rings. The molecule has 0 fully saturated rings. The molecule has 0 atom stereocenters. The number of hydrogen-bond donors (Lipinski definition) is 3. The zero-order valence-corrected chi connectivity index (χ0v) is 18.0. The highest BCUT2D eigenvalue weighted by Crippen LogP contribution is 2.10. The van der Waals surface area contributed by atoms with Gasteiger partial charge in [-0.15, -0.1) is 5.48 Å². The molecule has 0 spiro atoms. The van der Waals surface area contributed by atoms with E-state index in [0.29, 0.717) is 6.42 Å². The third kappa shape index (κ3) is 22.3. The topological polar surface area (TPSA) is 105 Å². The van der Waals surface area contributed by atoms with E-state index < -0.39 is 24.4 Å². The van der Waals surface area contributed by atoms with Gasteiger partial charge < -0.3 is 15.3 Å². The number of carboxylic acid groups (broad SMARTS) is 1. The zero-order chi connectivity index (χ0) is 21.6. The van der Waals surface area contributed by atoms with E-state index in [9.17, 15) is 14.4 Å². The van der Waals surface area contributed by atoms with Crippen molar-refractivity contribution in [1.82, 2.24) is 10.8 Å². The molecule has 29 heavy (non-hydrogen) atoms. The second kappa shape index (κ2) is 20.8. The summed E-state index contributed by atoms with van der Waals surface area (Å²) in [5, 5.41) is 10.6. The van der Waals surface area contributed by atoms with E-state index >= 15 is 0 Å². The van der Waals surface area contributed by atoms with Gasteiger partial charge in [0.1, 0.15) is 13.1 Å². The molecule has 0 heterocycles. The third-order valence-corrected chi connectivity index (χ3v) is 4.50. The maximum Gasteiger partial charge on any atom is 0.324 e. The highest BCUT2D eigenvalue weighted by molar-refractivity contribution is 5.82. The maximum absolute atomic E-state index is 11.5. The Hall–Kier alpha value is -1.89. The van der Waals surface area contributed by atoms with Crippen LogP contribution in [0.15, 0.2) is 12.2 Å². The Bertz CT molecular complexity index is 466. The minimum absolute atomic E-state index is 0.259. The summed E-state index contributed by atoms with van der Waals surface area (Å²) in [6, 6.07) is 0. The Kier molecular flexibility index (Phi) is 19.5. The van der Waals surface area contributed by atoms with Crippen molar-refractivity contribution in [1.29, 1.82) is 0 Å². The van der Waals surface area contributed by atoms with Gasteiger partial charge in [0.15, 0.2) is 0 Å². The summed E-state index contributed by atoms with van der Waals surface area (Å²) in [6.07, 6.45) is 20.5. The number of nitrogens with one attached hydrogen (secondary N) is 2. The predicted molar refractivity (Wildman–Crippen MR) is 114 cm³/mol. The first-order valence-corrected chi connectivity index (χ1v) is 11.1. The smallest absolute Gasteiger partial charge is 0.324 e. The lowest BCUT2D eigenvalue weighted by atomic mass is 10.1. The number of carboxylic acids is 1. The molecule has 1 amide bonds. The molecule has 3 N–H and O–H groups in total. The summed E-state index contributed by atoms with van der Waals surface area (Å²) >= 11 is 0. The van der Waals surface area contributed by atoms with Gasteiger partial charge in [-0.05, 0) is 32.1 Å². The van der Waals surface area contributed by atoms with Crippen LogP contribution in [-0.2, 0) is 19.2 Å². The number of unbranched alkanes of at least 4 members (excludes halogenated alkanes) is 11. The average molecular weight is 413 g/mol. The first-order valence-electron chi connectivity index (χ1n) is 11.1. The number of hydrogen-bond acceptors (Lipinski definition) is 5. The maximum atomic E-state index is 11.5. The van der Waals surface area contributed by atoms with Gasteiger partial charge in [-0.3, -0.25) is 14.4 Å². The lowest BCUT2D eigenvalue weighted by molar-refractivity contribution is -0.152. The van der Waals surface area contributed by atoms with E-state index in [1.165, 1.54) is 57.8 Å². The predicted octanol–water partition coefficient (Wildman–Crippen LogP) is 4.27. The van der Waals surface area contributed by atoms with Crippen LogP contribution in [0.3, 0.4) is 0 Å². The number of aliphatic carboxylic acids is 1. The largest absolute Gasteiger partial charge is 0.480 e. The molecule has 0 aliphatic heterocycles. The fraction of sp³-hybridized carbons (Fsp3) is 0.773. The zero-order valence-electron chi connectivity index (χ0n) is 18.0. The molecule has 0 aromatic carbocycles. The molecule has 0 unspecified atom stereocenters. The number of carbonyl (C=O) groups is 3. The molecule has 0 bridgehead atoms. The fourth-order valence-electron chi connectivity index (χ4n) is 2.81. The number of allylic oxidation sites excluding steroid dienone is 2. The van der Waals surface area contributed by atoms with Crippen molar-refractivity contribution in [2.24, 2.45) is 0 Å². The Morgan fingerprint density at radius 3 is 1.93 bits per heavy atom. The van der Waals surface area contributed by atoms with Gasteiger partial charge in [0.25, 0.3) is 0 Å². The van der Waals surface area contributed by atoms with Crippen LogP contribution in [0, 0.1) is 0 Å². The van der Waals surface area contributed by atoms with Gasteiger partial charge >= 0.3 is 11.9 Å². The number of amides is 1. The molecular formula is C22H40N2O5.